The minimum Gasteiger partial charge on any atom is -0.458 e. The molecular formula is C28H38N2O2. The maximum absolute atomic E-state index is 11.9. The number of aromatic nitrogens is 1. The zero-order valence-electron chi connectivity index (χ0n) is 20.2. The molecule has 1 aliphatic rings. The summed E-state index contributed by atoms with van der Waals surface area (Å²) in [5.74, 6) is 0.274. The molecule has 0 spiro atoms. The molecule has 32 heavy (non-hydrogen) atoms. The summed E-state index contributed by atoms with van der Waals surface area (Å²) in [5.41, 5.74) is 11.6. The van der Waals surface area contributed by atoms with Gasteiger partial charge in [0.2, 0.25) is 0 Å². The van der Waals surface area contributed by atoms with E-state index in [0.29, 0.717) is 11.5 Å². The molecule has 1 aromatic rings. The van der Waals surface area contributed by atoms with E-state index in [9.17, 15) is 4.79 Å². The van der Waals surface area contributed by atoms with Crippen LogP contribution in [0, 0.1) is 11.3 Å². The Kier molecular flexibility index (Phi) is 9.86. The average Bonchev–Trinajstić information content (AvgIpc) is 2.76. The summed E-state index contributed by atoms with van der Waals surface area (Å²) in [7, 11) is 0. The van der Waals surface area contributed by atoms with Crippen molar-refractivity contribution >= 4 is 5.97 Å². The molecule has 2 rings (SSSR count). The number of hydrogen-bond acceptors (Lipinski definition) is 4. The van der Waals surface area contributed by atoms with Gasteiger partial charge in [-0.05, 0) is 81.7 Å². The Morgan fingerprint density at radius 2 is 2.06 bits per heavy atom. The first kappa shape index (κ1) is 25.5. The van der Waals surface area contributed by atoms with Crippen molar-refractivity contribution in [3.63, 3.8) is 0 Å². The van der Waals surface area contributed by atoms with Crippen molar-refractivity contribution in [3.8, 4) is 0 Å². The van der Waals surface area contributed by atoms with Gasteiger partial charge in [0.1, 0.15) is 6.61 Å². The molecular weight excluding hydrogens is 396 g/mol. The molecule has 0 radical (unpaired) electrons. The van der Waals surface area contributed by atoms with Gasteiger partial charge in [0.25, 0.3) is 0 Å². The number of nitrogens with zero attached hydrogens (tertiary/aromatic N) is 1. The van der Waals surface area contributed by atoms with E-state index in [0.717, 1.165) is 25.0 Å². The summed E-state index contributed by atoms with van der Waals surface area (Å²) < 4.78 is 5.26. The van der Waals surface area contributed by atoms with Gasteiger partial charge in [0, 0.05) is 12.4 Å². The Labute approximate surface area is 193 Å². The molecule has 0 aliphatic heterocycles. The third kappa shape index (κ3) is 7.45. The first-order valence-electron chi connectivity index (χ1n) is 11.4. The van der Waals surface area contributed by atoms with Crippen LogP contribution in [0.5, 0.6) is 0 Å². The number of pyridine rings is 1. The van der Waals surface area contributed by atoms with Crippen molar-refractivity contribution in [2.24, 2.45) is 17.1 Å². The van der Waals surface area contributed by atoms with Crippen LogP contribution < -0.4 is 5.73 Å². The van der Waals surface area contributed by atoms with E-state index in [1.165, 1.54) is 29.3 Å². The van der Waals surface area contributed by atoms with E-state index in [2.05, 4.69) is 50.9 Å². The molecule has 0 bridgehead atoms. The lowest BCUT2D eigenvalue weighted by Gasteiger charge is -2.41. The Balaban J connectivity index is 1.92. The van der Waals surface area contributed by atoms with Gasteiger partial charge in [-0.15, -0.1) is 0 Å². The zero-order valence-corrected chi connectivity index (χ0v) is 20.2. The highest BCUT2D eigenvalue weighted by molar-refractivity contribution is 5.88. The summed E-state index contributed by atoms with van der Waals surface area (Å²) in [6, 6.07) is 3.41. The van der Waals surface area contributed by atoms with Crippen LogP contribution in [-0.2, 0) is 4.74 Å². The first-order chi connectivity index (χ1) is 15.3. The minimum atomic E-state index is -0.365. The predicted octanol–water partition coefficient (Wildman–Crippen LogP) is 6.34. The molecule has 0 fully saturated rings. The van der Waals surface area contributed by atoms with Crippen LogP contribution in [0.1, 0.15) is 64.2 Å². The monoisotopic (exact) mass is 434 g/mol. The normalized spacial score (nSPS) is 19.8. The number of carbonyl (C=O) groups is 1. The van der Waals surface area contributed by atoms with Crippen LogP contribution in [0.25, 0.3) is 0 Å². The van der Waals surface area contributed by atoms with Crippen LogP contribution in [-0.4, -0.2) is 24.1 Å². The Morgan fingerprint density at radius 3 is 2.75 bits per heavy atom. The number of esters is 1. The van der Waals surface area contributed by atoms with Crippen LogP contribution in [0.15, 0.2) is 83.3 Å². The van der Waals surface area contributed by atoms with Crippen LogP contribution in [0.4, 0.5) is 0 Å². The number of nitrogens with two attached hydrogens (primary N) is 1. The van der Waals surface area contributed by atoms with Gasteiger partial charge in [-0.2, -0.15) is 0 Å². The molecule has 0 saturated carbocycles. The quantitative estimate of drug-likeness (QED) is 0.363. The number of rotatable bonds is 9. The molecule has 0 aromatic carbocycles. The van der Waals surface area contributed by atoms with Crippen LogP contribution in [0.3, 0.4) is 0 Å². The zero-order chi connectivity index (χ0) is 23.6. The van der Waals surface area contributed by atoms with E-state index in [1.807, 2.05) is 25.2 Å². The van der Waals surface area contributed by atoms with Gasteiger partial charge in [0.05, 0.1) is 5.56 Å². The summed E-state index contributed by atoms with van der Waals surface area (Å²) in [5, 5.41) is 0. The molecule has 2 N–H and O–H groups in total. The maximum Gasteiger partial charge on any atom is 0.340 e. The molecule has 1 atom stereocenters. The largest absolute Gasteiger partial charge is 0.458 e. The molecule has 1 heterocycles. The summed E-state index contributed by atoms with van der Waals surface area (Å²) in [6.45, 7) is 12.0. The molecule has 1 aromatic heterocycles. The van der Waals surface area contributed by atoms with Gasteiger partial charge < -0.3 is 10.5 Å². The molecule has 172 valence electrons. The highest BCUT2D eigenvalue weighted by atomic mass is 16.5. The Morgan fingerprint density at radius 1 is 1.28 bits per heavy atom. The van der Waals surface area contributed by atoms with Crippen molar-refractivity contribution < 1.29 is 9.53 Å². The third-order valence-electron chi connectivity index (χ3n) is 6.31. The smallest absolute Gasteiger partial charge is 0.340 e. The summed E-state index contributed by atoms with van der Waals surface area (Å²) in [4.78, 5) is 15.8. The van der Waals surface area contributed by atoms with Crippen molar-refractivity contribution in [1.82, 2.24) is 4.98 Å². The highest BCUT2D eigenvalue weighted by Crippen LogP contribution is 2.46. The molecule has 1 unspecified atom stereocenters. The van der Waals surface area contributed by atoms with Crippen molar-refractivity contribution in [3.05, 3.63) is 88.8 Å². The number of hydrogen-bond donors (Lipinski definition) is 1. The van der Waals surface area contributed by atoms with Gasteiger partial charge in [-0.25, -0.2) is 4.79 Å². The molecule has 1 aliphatic carbocycles. The molecule has 4 heteroatoms. The van der Waals surface area contributed by atoms with E-state index < -0.39 is 0 Å². The second-order valence-corrected chi connectivity index (χ2v) is 9.12. The fourth-order valence-corrected chi connectivity index (χ4v) is 4.23. The fraction of sp³-hybridized carbons (Fsp3) is 0.429. The summed E-state index contributed by atoms with van der Waals surface area (Å²) >= 11 is 0. The number of carbonyl (C=O) groups excluding carboxylic acids is 1. The second-order valence-electron chi connectivity index (χ2n) is 9.12. The van der Waals surface area contributed by atoms with Gasteiger partial charge >= 0.3 is 5.97 Å². The van der Waals surface area contributed by atoms with Crippen molar-refractivity contribution in [2.75, 3.05) is 13.2 Å². The fourth-order valence-electron chi connectivity index (χ4n) is 4.23. The van der Waals surface area contributed by atoms with Gasteiger partial charge in [-0.1, -0.05) is 60.9 Å². The van der Waals surface area contributed by atoms with E-state index in [4.69, 9.17) is 10.5 Å². The Hall–Kier alpha value is -2.72. The lowest BCUT2D eigenvalue weighted by atomic mass is 9.64. The van der Waals surface area contributed by atoms with Gasteiger partial charge in [-0.3, -0.25) is 4.98 Å². The SMILES string of the molecule is CC(C=CC1=C(C)CCC(CCN)C1(C)C)=CC=CC(C)=CCOC(=O)c1cccnc1. The van der Waals surface area contributed by atoms with E-state index in [1.54, 1.807) is 18.3 Å². The van der Waals surface area contributed by atoms with Gasteiger partial charge in [0.15, 0.2) is 0 Å². The topological polar surface area (TPSA) is 65.2 Å². The lowest BCUT2D eigenvalue weighted by molar-refractivity contribution is 0.0548. The molecule has 0 saturated heterocycles. The van der Waals surface area contributed by atoms with E-state index >= 15 is 0 Å². The van der Waals surface area contributed by atoms with Crippen molar-refractivity contribution in [1.29, 1.82) is 0 Å². The van der Waals surface area contributed by atoms with Crippen molar-refractivity contribution in [2.45, 2.75) is 53.9 Å². The van der Waals surface area contributed by atoms with Crippen LogP contribution >= 0.6 is 0 Å². The minimum absolute atomic E-state index is 0.154. The lowest BCUT2D eigenvalue weighted by Crippen LogP contribution is -2.31. The van der Waals surface area contributed by atoms with Crippen LogP contribution in [0.2, 0.25) is 0 Å². The number of ether oxygens (including phenoxy) is 1. The maximum atomic E-state index is 11.9. The summed E-state index contributed by atoms with van der Waals surface area (Å²) in [6.07, 6.45) is 19.1. The highest BCUT2D eigenvalue weighted by Gasteiger charge is 2.35. The molecule has 4 nitrogen and oxygen atoms in total. The molecule has 0 amide bonds. The average molecular weight is 435 g/mol. The predicted molar refractivity (Wildman–Crippen MR) is 133 cm³/mol. The second kappa shape index (κ2) is 12.4. The standard InChI is InChI=1S/C28H38N2O2/c1-21(11-14-26-23(3)12-13-25(15-17-29)28(26,4)5)8-6-9-22(2)16-19-32-27(31)24-10-7-18-30-20-24/h6-11,14,16,18,20,25H,12-13,15,17,19,29H2,1-5H3. The Bertz CT molecular complexity index is 918. The first-order valence-corrected chi connectivity index (χ1v) is 11.4. The number of allylic oxidation sites excluding steroid dienone is 9. The third-order valence-corrected chi connectivity index (χ3v) is 6.31. The van der Waals surface area contributed by atoms with E-state index in [-0.39, 0.29) is 18.0 Å².